The van der Waals surface area contributed by atoms with Gasteiger partial charge in [0.05, 0.1) is 12.1 Å². The van der Waals surface area contributed by atoms with Gasteiger partial charge in [0.25, 0.3) is 0 Å². The van der Waals surface area contributed by atoms with Gasteiger partial charge in [-0.05, 0) is 38.5 Å². The summed E-state index contributed by atoms with van der Waals surface area (Å²) in [5, 5.41) is 13.5. The molecule has 0 aliphatic rings. The average Bonchev–Trinajstić information content (AvgIpc) is 2.52. The van der Waals surface area contributed by atoms with Crippen LogP contribution in [-0.2, 0) is 31.1 Å². The van der Waals surface area contributed by atoms with Crippen molar-refractivity contribution in [1.82, 2.24) is 10.6 Å². The third-order valence-electron chi connectivity index (χ3n) is 3.29. The molecule has 0 saturated carbocycles. The standard InChI is InChI=1S/C17H25N3O8S/c1-17(2,3)28-16(24)19-13(15(23)18-9-8-14(21)22)10-11-4-6-12(7-5-11)20-29(25,26)27/h4-7,13,20H,8-10H2,1-3H3,(H,18,23)(H,19,24)(H,21,22)(H,25,26,27). The highest BCUT2D eigenvalue weighted by atomic mass is 32.2. The Kier molecular flexibility index (Phi) is 8.40. The number of hydrogen-bond acceptors (Lipinski definition) is 6. The Bertz CT molecular complexity index is 831. The number of amides is 2. The van der Waals surface area contributed by atoms with Crippen molar-refractivity contribution < 1.29 is 37.2 Å². The van der Waals surface area contributed by atoms with Gasteiger partial charge in [0, 0.05) is 13.0 Å². The zero-order valence-electron chi connectivity index (χ0n) is 16.3. The number of carboxylic acids is 1. The summed E-state index contributed by atoms with van der Waals surface area (Å²) in [6, 6.07) is 4.69. The van der Waals surface area contributed by atoms with Crippen molar-refractivity contribution in [2.75, 3.05) is 11.3 Å². The molecule has 0 spiro atoms. The molecule has 0 aliphatic carbocycles. The summed E-state index contributed by atoms with van der Waals surface area (Å²) in [5.74, 6) is -1.68. The second-order valence-electron chi connectivity index (χ2n) is 7.11. The number of carbonyl (C=O) groups is 3. The predicted octanol–water partition coefficient (Wildman–Crippen LogP) is 0.928. The molecule has 5 N–H and O–H groups in total. The van der Waals surface area contributed by atoms with Gasteiger partial charge in [-0.15, -0.1) is 0 Å². The van der Waals surface area contributed by atoms with Crippen LogP contribution in [0, 0.1) is 0 Å². The number of hydrogen-bond donors (Lipinski definition) is 5. The van der Waals surface area contributed by atoms with Crippen LogP contribution >= 0.6 is 0 Å². The van der Waals surface area contributed by atoms with E-state index in [1.807, 2.05) is 4.72 Å². The molecule has 1 atom stereocenters. The van der Waals surface area contributed by atoms with Crippen molar-refractivity contribution in [3.05, 3.63) is 29.8 Å². The van der Waals surface area contributed by atoms with Crippen LogP contribution in [0.15, 0.2) is 24.3 Å². The van der Waals surface area contributed by atoms with Crippen LogP contribution in [0.3, 0.4) is 0 Å². The van der Waals surface area contributed by atoms with Crippen LogP contribution in [0.2, 0.25) is 0 Å². The average molecular weight is 431 g/mol. The molecule has 2 amide bonds. The quantitative estimate of drug-likeness (QED) is 0.359. The largest absolute Gasteiger partial charge is 0.481 e. The zero-order chi connectivity index (χ0) is 22.2. The Labute approximate surface area is 168 Å². The number of carboxylic acid groups (broad SMARTS) is 1. The maximum atomic E-state index is 12.4. The second kappa shape index (κ2) is 10.1. The monoisotopic (exact) mass is 431 g/mol. The van der Waals surface area contributed by atoms with E-state index in [9.17, 15) is 22.8 Å². The molecule has 1 aromatic carbocycles. The Morgan fingerprint density at radius 3 is 2.21 bits per heavy atom. The lowest BCUT2D eigenvalue weighted by atomic mass is 10.0. The summed E-state index contributed by atoms with van der Waals surface area (Å²) < 4.78 is 37.5. The zero-order valence-corrected chi connectivity index (χ0v) is 17.1. The van der Waals surface area contributed by atoms with E-state index in [4.69, 9.17) is 14.4 Å². The maximum Gasteiger partial charge on any atom is 0.408 e. The molecule has 0 heterocycles. The molecule has 0 saturated heterocycles. The number of anilines is 1. The third kappa shape index (κ3) is 10.9. The Morgan fingerprint density at radius 2 is 1.72 bits per heavy atom. The molecule has 0 aromatic heterocycles. The van der Waals surface area contributed by atoms with E-state index in [0.29, 0.717) is 5.56 Å². The fraction of sp³-hybridized carbons (Fsp3) is 0.471. The minimum atomic E-state index is -4.41. The van der Waals surface area contributed by atoms with Gasteiger partial charge in [0.15, 0.2) is 0 Å². The minimum Gasteiger partial charge on any atom is -0.481 e. The van der Waals surface area contributed by atoms with Gasteiger partial charge >= 0.3 is 22.4 Å². The molecular weight excluding hydrogens is 406 g/mol. The van der Waals surface area contributed by atoms with E-state index < -0.39 is 39.9 Å². The minimum absolute atomic E-state index is 0.0320. The lowest BCUT2D eigenvalue weighted by molar-refractivity contribution is -0.137. The highest BCUT2D eigenvalue weighted by Crippen LogP contribution is 2.13. The van der Waals surface area contributed by atoms with Crippen molar-refractivity contribution in [3.63, 3.8) is 0 Å². The molecular formula is C17H25N3O8S. The summed E-state index contributed by atoms with van der Waals surface area (Å²) >= 11 is 0. The van der Waals surface area contributed by atoms with E-state index in [0.717, 1.165) is 0 Å². The van der Waals surface area contributed by atoms with Gasteiger partial charge in [-0.25, -0.2) is 4.79 Å². The van der Waals surface area contributed by atoms with Crippen LogP contribution in [0.4, 0.5) is 10.5 Å². The van der Waals surface area contributed by atoms with Crippen molar-refractivity contribution >= 4 is 34.0 Å². The van der Waals surface area contributed by atoms with Crippen LogP contribution < -0.4 is 15.4 Å². The van der Waals surface area contributed by atoms with E-state index in [1.54, 1.807) is 20.8 Å². The van der Waals surface area contributed by atoms with Gasteiger partial charge in [-0.2, -0.15) is 8.42 Å². The molecule has 162 valence electrons. The topological polar surface area (TPSA) is 171 Å². The molecule has 1 unspecified atom stereocenters. The SMILES string of the molecule is CC(C)(C)OC(=O)NC(Cc1ccc(NS(=O)(=O)O)cc1)C(=O)NCCC(=O)O. The van der Waals surface area contributed by atoms with Crippen LogP contribution in [0.1, 0.15) is 32.8 Å². The van der Waals surface area contributed by atoms with E-state index in [-0.39, 0.29) is 25.1 Å². The molecule has 12 heteroatoms. The molecule has 1 rings (SSSR count). The van der Waals surface area contributed by atoms with E-state index >= 15 is 0 Å². The first-order chi connectivity index (χ1) is 13.2. The number of nitrogens with one attached hydrogen (secondary N) is 3. The number of benzene rings is 1. The normalized spacial score (nSPS) is 12.6. The second-order valence-corrected chi connectivity index (χ2v) is 8.27. The first kappa shape index (κ1) is 24.2. The van der Waals surface area contributed by atoms with Crippen molar-refractivity contribution in [2.45, 2.75) is 45.3 Å². The van der Waals surface area contributed by atoms with Crippen LogP contribution in [-0.4, -0.2) is 54.2 Å². The van der Waals surface area contributed by atoms with Crippen molar-refractivity contribution in [2.24, 2.45) is 0 Å². The number of rotatable bonds is 9. The summed E-state index contributed by atoms with van der Waals surface area (Å²) in [7, 11) is -4.41. The lowest BCUT2D eigenvalue weighted by Gasteiger charge is -2.23. The Balaban J connectivity index is 2.87. The first-order valence-electron chi connectivity index (χ1n) is 8.58. The lowest BCUT2D eigenvalue weighted by Crippen LogP contribution is -2.49. The molecule has 0 bridgehead atoms. The van der Waals surface area contributed by atoms with Gasteiger partial charge in [-0.3, -0.25) is 18.9 Å². The molecule has 1 aromatic rings. The number of carbonyl (C=O) groups excluding carboxylic acids is 2. The molecule has 0 radical (unpaired) electrons. The summed E-state index contributed by atoms with van der Waals surface area (Å²) in [4.78, 5) is 35.0. The maximum absolute atomic E-state index is 12.4. The number of ether oxygens (including phenoxy) is 1. The molecule has 0 aliphatic heterocycles. The van der Waals surface area contributed by atoms with Crippen LogP contribution in [0.5, 0.6) is 0 Å². The summed E-state index contributed by atoms with van der Waals surface area (Å²) in [6.07, 6.45) is -1.06. The first-order valence-corrected chi connectivity index (χ1v) is 10.0. The summed E-state index contributed by atoms with van der Waals surface area (Å²) in [6.45, 7) is 4.87. The van der Waals surface area contributed by atoms with Gasteiger partial charge in [0.1, 0.15) is 11.6 Å². The summed E-state index contributed by atoms with van der Waals surface area (Å²) in [5.41, 5.74) is -0.100. The highest BCUT2D eigenvalue weighted by Gasteiger charge is 2.24. The van der Waals surface area contributed by atoms with E-state index in [1.165, 1.54) is 24.3 Å². The van der Waals surface area contributed by atoms with E-state index in [2.05, 4.69) is 10.6 Å². The molecule has 0 fully saturated rings. The fourth-order valence-corrected chi connectivity index (χ4v) is 2.60. The Morgan fingerprint density at radius 1 is 1.14 bits per heavy atom. The van der Waals surface area contributed by atoms with Crippen LogP contribution in [0.25, 0.3) is 0 Å². The highest BCUT2D eigenvalue weighted by molar-refractivity contribution is 7.87. The fourth-order valence-electron chi connectivity index (χ4n) is 2.17. The number of aliphatic carboxylic acids is 1. The van der Waals surface area contributed by atoms with Crippen molar-refractivity contribution in [3.8, 4) is 0 Å². The smallest absolute Gasteiger partial charge is 0.408 e. The van der Waals surface area contributed by atoms with Gasteiger partial charge < -0.3 is 20.5 Å². The number of alkyl carbamates (subject to hydrolysis) is 1. The molecule has 29 heavy (non-hydrogen) atoms. The molecule has 11 nitrogen and oxygen atoms in total. The Hall–Kier alpha value is -2.86. The van der Waals surface area contributed by atoms with Gasteiger partial charge in [0.2, 0.25) is 5.91 Å². The van der Waals surface area contributed by atoms with Crippen molar-refractivity contribution in [1.29, 1.82) is 0 Å². The predicted molar refractivity (Wildman–Crippen MR) is 104 cm³/mol. The van der Waals surface area contributed by atoms with Gasteiger partial charge in [-0.1, -0.05) is 12.1 Å². The third-order valence-corrected chi connectivity index (χ3v) is 3.78.